The smallest absolute Gasteiger partial charge is 0.0474 e. The summed E-state index contributed by atoms with van der Waals surface area (Å²) in [5.74, 6) is 3.44. The summed E-state index contributed by atoms with van der Waals surface area (Å²) in [6.07, 6.45) is 5.11. The predicted octanol–water partition coefficient (Wildman–Crippen LogP) is 15.3. The van der Waals surface area contributed by atoms with Crippen molar-refractivity contribution in [1.29, 1.82) is 0 Å². The van der Waals surface area contributed by atoms with Gasteiger partial charge in [0, 0.05) is 0 Å². The molecule has 42 heavy (non-hydrogen) atoms. The Hall–Kier alpha value is -2.34. The lowest BCUT2D eigenvalue weighted by Gasteiger charge is -1.90. The summed E-state index contributed by atoms with van der Waals surface area (Å²) >= 11 is 0. The first-order valence-electron chi connectivity index (χ1n) is 16.8. The highest BCUT2D eigenvalue weighted by Gasteiger charge is 1.80. The van der Waals surface area contributed by atoms with Crippen LogP contribution in [-0.2, 0) is 0 Å². The van der Waals surface area contributed by atoms with Crippen LogP contribution in [0.1, 0.15) is 136 Å². The third-order valence-corrected chi connectivity index (χ3v) is 3.63. The van der Waals surface area contributed by atoms with Gasteiger partial charge < -0.3 is 0 Å². The maximum atomic E-state index is 2.22. The fraction of sp³-hybridized carbons (Fsp3) is 0.571. The van der Waals surface area contributed by atoms with Crippen molar-refractivity contribution in [2.24, 2.45) is 23.7 Å². The Morgan fingerprint density at radius 1 is 0.262 bits per heavy atom. The summed E-state index contributed by atoms with van der Waals surface area (Å²) in [6, 6.07) is 36.0. The van der Waals surface area contributed by atoms with Crippen molar-refractivity contribution < 1.29 is 0 Å². The molecule has 0 saturated carbocycles. The van der Waals surface area contributed by atoms with Crippen molar-refractivity contribution in [3.8, 4) is 0 Å². The van der Waals surface area contributed by atoms with Gasteiger partial charge in [-0.3, -0.25) is 0 Å². The minimum atomic E-state index is 0.833. The average molecular weight is 583 g/mol. The van der Waals surface area contributed by atoms with E-state index in [9.17, 15) is 0 Å². The molecule has 0 nitrogen and oxygen atoms in total. The summed E-state index contributed by atoms with van der Waals surface area (Å²) in [7, 11) is 0. The summed E-state index contributed by atoms with van der Waals surface area (Å²) in [5, 5.41) is 0. The highest BCUT2D eigenvalue weighted by molar-refractivity contribution is 5.00. The minimum absolute atomic E-state index is 0.833. The van der Waals surface area contributed by atoms with Gasteiger partial charge in [0.15, 0.2) is 0 Å². The van der Waals surface area contributed by atoms with Crippen LogP contribution in [0.15, 0.2) is 109 Å². The molecule has 0 heteroatoms. The van der Waals surface area contributed by atoms with Crippen LogP contribution in [0.25, 0.3) is 0 Å². The van der Waals surface area contributed by atoms with E-state index in [-0.39, 0.29) is 0 Å². The number of benzene rings is 3. The first-order chi connectivity index (χ1) is 19.8. The lowest BCUT2D eigenvalue weighted by Crippen LogP contribution is -1.77. The molecule has 0 aliphatic carbocycles. The first kappa shape index (κ1) is 52.3. The second kappa shape index (κ2) is 54.7. The van der Waals surface area contributed by atoms with Crippen molar-refractivity contribution in [2.45, 2.75) is 136 Å². The van der Waals surface area contributed by atoms with Crippen molar-refractivity contribution >= 4 is 0 Å². The van der Waals surface area contributed by atoms with Crippen LogP contribution in [0.3, 0.4) is 0 Å². The van der Waals surface area contributed by atoms with E-state index in [2.05, 4.69) is 111 Å². The normalized spacial score (nSPS) is 8.29. The fourth-order valence-electron chi connectivity index (χ4n) is 1.15. The van der Waals surface area contributed by atoms with Gasteiger partial charge in [-0.05, 0) is 23.7 Å². The number of hydrogen-bond acceptors (Lipinski definition) is 0. The molecular weight excluding hydrogens is 504 g/mol. The van der Waals surface area contributed by atoms with E-state index in [1.807, 2.05) is 109 Å². The molecule has 0 radical (unpaired) electrons. The van der Waals surface area contributed by atoms with Gasteiger partial charge >= 0.3 is 0 Å². The second-order valence-corrected chi connectivity index (χ2v) is 11.9. The van der Waals surface area contributed by atoms with E-state index >= 15 is 0 Å². The molecule has 0 N–H and O–H groups in total. The Kier molecular flexibility index (Phi) is 68.1. The molecule has 0 bridgehead atoms. The molecule has 3 aromatic rings. The average Bonchev–Trinajstić information content (AvgIpc) is 2.97. The maximum absolute atomic E-state index is 2.22. The first-order valence-corrected chi connectivity index (χ1v) is 16.8. The van der Waals surface area contributed by atoms with Gasteiger partial charge in [-0.15, -0.1) is 0 Å². The van der Waals surface area contributed by atoms with Crippen LogP contribution in [0, 0.1) is 23.7 Å². The van der Waals surface area contributed by atoms with Crippen LogP contribution in [0.2, 0.25) is 0 Å². The lowest BCUT2D eigenvalue weighted by molar-refractivity contribution is 0.626. The lowest BCUT2D eigenvalue weighted by atomic mass is 10.2. The Labute approximate surface area is 268 Å². The van der Waals surface area contributed by atoms with Crippen LogP contribution < -0.4 is 0 Å². The highest BCUT2D eigenvalue weighted by atomic mass is 13.9. The summed E-state index contributed by atoms with van der Waals surface area (Å²) in [5.41, 5.74) is 0. The van der Waals surface area contributed by atoms with Gasteiger partial charge in [0.2, 0.25) is 0 Å². The largest absolute Gasteiger partial charge is 0.0656 e. The predicted molar refractivity (Wildman–Crippen MR) is 203 cm³/mol. The van der Waals surface area contributed by atoms with Crippen molar-refractivity contribution in [2.75, 3.05) is 0 Å². The van der Waals surface area contributed by atoms with Gasteiger partial charge in [0.05, 0.1) is 0 Å². The quantitative estimate of drug-likeness (QED) is 0.282. The molecule has 0 aliphatic heterocycles. The molecule has 0 fully saturated rings. The standard InChI is InChI=1S/3C6H6.2C5H12.2C4H10.2C3H8/c3*1-2-4-6-5-3-1;2*1-4-5(2)3;2*1-4(2)3;2*1-3-2/h3*1-6H;2*5H,4H2,1-3H3;2*4H,1-3H3;2*3H2,1-2H3. The van der Waals surface area contributed by atoms with Crippen molar-refractivity contribution in [3.63, 3.8) is 0 Å². The molecule has 0 heterocycles. The summed E-state index contributed by atoms with van der Waals surface area (Å²) in [6.45, 7) is 34.8. The molecule has 0 unspecified atom stereocenters. The summed E-state index contributed by atoms with van der Waals surface area (Å²) in [4.78, 5) is 0. The molecular formula is C42H78. The molecule has 0 aromatic heterocycles. The molecule has 3 rings (SSSR count). The third-order valence-electron chi connectivity index (χ3n) is 3.63. The fourth-order valence-corrected chi connectivity index (χ4v) is 1.15. The van der Waals surface area contributed by atoms with E-state index in [4.69, 9.17) is 0 Å². The van der Waals surface area contributed by atoms with Crippen molar-refractivity contribution in [3.05, 3.63) is 109 Å². The molecule has 3 aromatic carbocycles. The van der Waals surface area contributed by atoms with Gasteiger partial charge in [-0.1, -0.05) is 246 Å². The Bertz CT molecular complexity index is 492. The summed E-state index contributed by atoms with van der Waals surface area (Å²) < 4.78 is 0. The van der Waals surface area contributed by atoms with E-state index in [1.165, 1.54) is 25.7 Å². The zero-order valence-corrected chi connectivity index (χ0v) is 31.5. The van der Waals surface area contributed by atoms with E-state index < -0.39 is 0 Å². The minimum Gasteiger partial charge on any atom is -0.0656 e. The number of hydrogen-bond donors (Lipinski definition) is 0. The zero-order valence-electron chi connectivity index (χ0n) is 31.5. The van der Waals surface area contributed by atoms with Crippen LogP contribution in [0.5, 0.6) is 0 Å². The zero-order chi connectivity index (χ0) is 33.9. The van der Waals surface area contributed by atoms with Crippen molar-refractivity contribution in [1.82, 2.24) is 0 Å². The van der Waals surface area contributed by atoms with Gasteiger partial charge in [-0.25, -0.2) is 0 Å². The Balaban J connectivity index is -0.0000000879. The second-order valence-electron chi connectivity index (χ2n) is 11.9. The van der Waals surface area contributed by atoms with Crippen LogP contribution >= 0.6 is 0 Å². The topological polar surface area (TPSA) is 0 Å². The maximum Gasteiger partial charge on any atom is -0.0474 e. The van der Waals surface area contributed by atoms with Gasteiger partial charge in [0.1, 0.15) is 0 Å². The Morgan fingerprint density at radius 3 is 0.333 bits per heavy atom. The molecule has 0 amide bonds. The molecule has 0 aliphatic rings. The van der Waals surface area contributed by atoms with E-state index in [0.29, 0.717) is 0 Å². The molecule has 246 valence electrons. The number of rotatable bonds is 2. The van der Waals surface area contributed by atoms with E-state index in [1.54, 1.807) is 0 Å². The molecule has 0 saturated heterocycles. The van der Waals surface area contributed by atoms with Crippen LogP contribution in [-0.4, -0.2) is 0 Å². The van der Waals surface area contributed by atoms with Crippen LogP contribution in [0.4, 0.5) is 0 Å². The van der Waals surface area contributed by atoms with Gasteiger partial charge in [-0.2, -0.15) is 0 Å². The highest BCUT2D eigenvalue weighted by Crippen LogP contribution is 1.94. The van der Waals surface area contributed by atoms with E-state index in [0.717, 1.165) is 23.7 Å². The van der Waals surface area contributed by atoms with Gasteiger partial charge in [0.25, 0.3) is 0 Å². The monoisotopic (exact) mass is 583 g/mol. The molecule has 0 atom stereocenters. The Morgan fingerprint density at radius 2 is 0.310 bits per heavy atom. The SMILES string of the molecule is CC(C)C.CC(C)C.CCC.CCC.CCC(C)C.CCC(C)C.c1ccccc1.c1ccccc1.c1ccccc1. The molecule has 0 spiro atoms. The third kappa shape index (κ3) is 131.